The number of hydrogen-bond acceptors (Lipinski definition) is 5. The van der Waals surface area contributed by atoms with Crippen LogP contribution in [0.2, 0.25) is 0 Å². The lowest BCUT2D eigenvalue weighted by Gasteiger charge is -2.25. The number of aromatic nitrogens is 4. The molecule has 0 aliphatic heterocycles. The van der Waals surface area contributed by atoms with Crippen LogP contribution in [0.3, 0.4) is 0 Å². The highest BCUT2D eigenvalue weighted by atomic mass is 16.1. The van der Waals surface area contributed by atoms with Gasteiger partial charge in [-0.2, -0.15) is 4.98 Å². The van der Waals surface area contributed by atoms with E-state index in [4.69, 9.17) is 0 Å². The van der Waals surface area contributed by atoms with Crippen LogP contribution >= 0.6 is 0 Å². The number of fused-ring (bicyclic) bond motifs is 1. The molecule has 0 saturated carbocycles. The lowest BCUT2D eigenvalue weighted by atomic mass is 10.0. The molecule has 130 valence electrons. The van der Waals surface area contributed by atoms with Gasteiger partial charge >= 0.3 is 0 Å². The summed E-state index contributed by atoms with van der Waals surface area (Å²) < 4.78 is 1.57. The van der Waals surface area contributed by atoms with Crippen molar-refractivity contribution in [2.24, 2.45) is 0 Å². The summed E-state index contributed by atoms with van der Waals surface area (Å²) in [5, 5.41) is 7.23. The Morgan fingerprint density at radius 1 is 1.28 bits per heavy atom. The summed E-state index contributed by atoms with van der Waals surface area (Å²) in [4.78, 5) is 22.7. The number of hydrogen-bond donors (Lipinski definition) is 1. The maximum atomic E-state index is 12.3. The highest BCUT2D eigenvalue weighted by molar-refractivity contribution is 5.77. The normalized spacial score (nSPS) is 12.5. The molecule has 7 heteroatoms. The highest BCUT2D eigenvalue weighted by Crippen LogP contribution is 2.17. The van der Waals surface area contributed by atoms with Gasteiger partial charge in [-0.05, 0) is 32.6 Å². The van der Waals surface area contributed by atoms with Crippen molar-refractivity contribution in [2.75, 3.05) is 20.6 Å². The molecule has 1 atom stereocenters. The zero-order chi connectivity index (χ0) is 17.8. The molecule has 3 rings (SSSR count). The summed E-state index contributed by atoms with van der Waals surface area (Å²) in [6.45, 7) is 2.59. The van der Waals surface area contributed by atoms with Crippen LogP contribution in [-0.2, 0) is 11.2 Å². The summed E-state index contributed by atoms with van der Waals surface area (Å²) in [6.07, 6.45) is 3.55. The van der Waals surface area contributed by atoms with Gasteiger partial charge in [0.05, 0.1) is 12.5 Å². The zero-order valence-electron chi connectivity index (χ0n) is 14.7. The van der Waals surface area contributed by atoms with Crippen LogP contribution in [0.1, 0.15) is 23.0 Å². The van der Waals surface area contributed by atoms with Crippen LogP contribution < -0.4 is 5.32 Å². The molecule has 1 N–H and O–H groups in total. The van der Waals surface area contributed by atoms with E-state index in [1.165, 1.54) is 11.1 Å². The van der Waals surface area contributed by atoms with Gasteiger partial charge in [-0.15, -0.1) is 5.10 Å². The van der Waals surface area contributed by atoms with E-state index in [-0.39, 0.29) is 18.4 Å². The predicted molar refractivity (Wildman–Crippen MR) is 95.1 cm³/mol. The first-order valence-corrected chi connectivity index (χ1v) is 8.19. The van der Waals surface area contributed by atoms with Crippen LogP contribution in [0.4, 0.5) is 0 Å². The Hall–Kier alpha value is -2.80. The van der Waals surface area contributed by atoms with Crippen molar-refractivity contribution in [1.82, 2.24) is 29.8 Å². The fourth-order valence-corrected chi connectivity index (χ4v) is 2.65. The fourth-order valence-electron chi connectivity index (χ4n) is 2.65. The van der Waals surface area contributed by atoms with Crippen molar-refractivity contribution < 1.29 is 4.79 Å². The zero-order valence-corrected chi connectivity index (χ0v) is 14.7. The van der Waals surface area contributed by atoms with Gasteiger partial charge in [-0.3, -0.25) is 4.79 Å². The topological polar surface area (TPSA) is 75.4 Å². The third-order valence-corrected chi connectivity index (χ3v) is 4.06. The van der Waals surface area contributed by atoms with Crippen molar-refractivity contribution in [2.45, 2.75) is 19.4 Å². The first-order valence-electron chi connectivity index (χ1n) is 8.19. The van der Waals surface area contributed by atoms with E-state index in [1.54, 1.807) is 23.0 Å². The molecule has 2 aromatic heterocycles. The molecule has 1 aromatic carbocycles. The van der Waals surface area contributed by atoms with Gasteiger partial charge in [-0.1, -0.05) is 29.8 Å². The first-order chi connectivity index (χ1) is 12.0. The molecule has 0 unspecified atom stereocenters. The van der Waals surface area contributed by atoms with Crippen LogP contribution in [0.5, 0.6) is 0 Å². The Morgan fingerprint density at radius 3 is 2.72 bits per heavy atom. The number of likely N-dealkylation sites (N-methyl/N-ethyl adjacent to an activating group) is 1. The fraction of sp³-hybridized carbons (Fsp3) is 0.333. The van der Waals surface area contributed by atoms with Crippen LogP contribution in [-0.4, -0.2) is 51.0 Å². The molecule has 3 aromatic rings. The number of rotatable bonds is 6. The molecule has 0 bridgehead atoms. The molecule has 0 radical (unpaired) electrons. The number of carbonyl (C=O) groups excluding carboxylic acids is 1. The quantitative estimate of drug-likeness (QED) is 0.735. The summed E-state index contributed by atoms with van der Waals surface area (Å²) >= 11 is 0. The van der Waals surface area contributed by atoms with Crippen LogP contribution in [0.15, 0.2) is 42.7 Å². The second-order valence-electron chi connectivity index (χ2n) is 6.26. The maximum Gasteiger partial charge on any atom is 0.252 e. The lowest BCUT2D eigenvalue weighted by molar-refractivity contribution is -0.120. The van der Waals surface area contributed by atoms with E-state index in [0.29, 0.717) is 18.1 Å². The first kappa shape index (κ1) is 17.0. The average Bonchev–Trinajstić information content (AvgIpc) is 2.98. The van der Waals surface area contributed by atoms with Crippen molar-refractivity contribution in [3.63, 3.8) is 0 Å². The number of nitrogens with one attached hydrogen (secondary N) is 1. The van der Waals surface area contributed by atoms with Crippen molar-refractivity contribution in [3.05, 3.63) is 59.7 Å². The Labute approximate surface area is 146 Å². The second-order valence-corrected chi connectivity index (χ2v) is 6.26. The predicted octanol–water partition coefficient (Wildman–Crippen LogP) is 1.39. The number of carbonyl (C=O) groups is 1. The van der Waals surface area contributed by atoms with E-state index in [1.807, 2.05) is 14.1 Å². The van der Waals surface area contributed by atoms with Crippen molar-refractivity contribution in [1.29, 1.82) is 0 Å². The third kappa shape index (κ3) is 4.19. The van der Waals surface area contributed by atoms with Gasteiger partial charge in [0.1, 0.15) is 0 Å². The Bertz CT molecular complexity index is 822. The molecule has 0 spiro atoms. The third-order valence-electron chi connectivity index (χ3n) is 4.06. The van der Waals surface area contributed by atoms with Gasteiger partial charge in [0.25, 0.3) is 5.78 Å². The summed E-state index contributed by atoms with van der Waals surface area (Å²) in [7, 11) is 4.01. The number of benzene rings is 1. The molecule has 25 heavy (non-hydrogen) atoms. The molecule has 0 saturated heterocycles. The minimum Gasteiger partial charge on any atom is -0.354 e. The van der Waals surface area contributed by atoms with Gasteiger partial charge in [0.2, 0.25) is 5.91 Å². The largest absolute Gasteiger partial charge is 0.354 e. The Balaban J connectivity index is 1.62. The minimum absolute atomic E-state index is 0.102. The van der Waals surface area contributed by atoms with Crippen LogP contribution in [0, 0.1) is 6.92 Å². The number of amides is 1. The Kier molecular flexibility index (Phi) is 5.04. The van der Waals surface area contributed by atoms with E-state index < -0.39 is 0 Å². The van der Waals surface area contributed by atoms with E-state index in [2.05, 4.69) is 56.5 Å². The highest BCUT2D eigenvalue weighted by Gasteiger charge is 2.16. The molecule has 7 nitrogen and oxygen atoms in total. The smallest absolute Gasteiger partial charge is 0.252 e. The molecule has 0 fully saturated rings. The van der Waals surface area contributed by atoms with E-state index >= 15 is 0 Å². The van der Waals surface area contributed by atoms with E-state index in [9.17, 15) is 4.79 Å². The average molecular weight is 338 g/mol. The SMILES string of the molecule is Cc1ccc([C@@H](CNC(=O)Cc2nc3ncccn3n2)N(C)C)cc1. The molecular weight excluding hydrogens is 316 g/mol. The summed E-state index contributed by atoms with van der Waals surface area (Å²) in [6, 6.07) is 10.3. The Morgan fingerprint density at radius 2 is 2.04 bits per heavy atom. The van der Waals surface area contributed by atoms with Gasteiger partial charge in [0.15, 0.2) is 5.82 Å². The molecule has 0 aliphatic rings. The second kappa shape index (κ2) is 7.40. The van der Waals surface area contributed by atoms with Gasteiger partial charge in [0, 0.05) is 18.9 Å². The molecular formula is C18H22N6O. The molecule has 0 aliphatic carbocycles. The van der Waals surface area contributed by atoms with Gasteiger partial charge in [-0.25, -0.2) is 9.50 Å². The van der Waals surface area contributed by atoms with Crippen molar-refractivity contribution in [3.8, 4) is 0 Å². The van der Waals surface area contributed by atoms with E-state index in [0.717, 1.165) is 0 Å². The van der Waals surface area contributed by atoms with Crippen molar-refractivity contribution >= 4 is 11.7 Å². The monoisotopic (exact) mass is 338 g/mol. The van der Waals surface area contributed by atoms with Gasteiger partial charge < -0.3 is 10.2 Å². The standard InChI is InChI=1S/C18H22N6O/c1-13-5-7-14(8-6-13)15(23(2)3)12-20-17(25)11-16-21-18-19-9-4-10-24(18)22-16/h4-10,15H,11-12H2,1-3H3,(H,20,25)/t15-/m1/s1. The summed E-state index contributed by atoms with van der Waals surface area (Å²) in [5.74, 6) is 0.860. The number of nitrogens with zero attached hydrogens (tertiary/aromatic N) is 5. The lowest BCUT2D eigenvalue weighted by Crippen LogP contribution is -2.35. The molecule has 1 amide bonds. The maximum absolute atomic E-state index is 12.3. The minimum atomic E-state index is -0.102. The molecule has 2 heterocycles. The number of aryl methyl sites for hydroxylation is 1. The summed E-state index contributed by atoms with van der Waals surface area (Å²) in [5.41, 5.74) is 2.39. The van der Waals surface area contributed by atoms with Crippen LogP contribution in [0.25, 0.3) is 5.78 Å².